The van der Waals surface area contributed by atoms with E-state index in [1.54, 1.807) is 0 Å². The van der Waals surface area contributed by atoms with Crippen LogP contribution in [0.2, 0.25) is 0 Å². The first-order chi connectivity index (χ1) is 8.19. The lowest BCUT2D eigenvalue weighted by atomic mass is 10.1. The summed E-state index contributed by atoms with van der Waals surface area (Å²) >= 11 is 0. The van der Waals surface area contributed by atoms with E-state index in [2.05, 4.69) is 53.6 Å². The molecule has 0 bridgehead atoms. The van der Waals surface area contributed by atoms with Crippen molar-refractivity contribution in [1.29, 1.82) is 0 Å². The van der Waals surface area contributed by atoms with Crippen LogP contribution in [-0.4, -0.2) is 18.1 Å². The molecule has 1 unspecified atom stereocenters. The van der Waals surface area contributed by atoms with Crippen molar-refractivity contribution in [3.05, 3.63) is 47.7 Å². The molecule has 0 amide bonds. The van der Waals surface area contributed by atoms with Gasteiger partial charge in [0.05, 0.1) is 5.52 Å². The molecule has 0 aliphatic heterocycles. The van der Waals surface area contributed by atoms with Crippen molar-refractivity contribution in [2.75, 3.05) is 7.05 Å². The fourth-order valence-corrected chi connectivity index (χ4v) is 1.70. The minimum atomic E-state index is 0.391. The zero-order valence-corrected chi connectivity index (χ0v) is 10.6. The lowest BCUT2D eigenvalue weighted by Gasteiger charge is -2.03. The molecule has 0 spiro atoms. The van der Waals surface area contributed by atoms with Crippen LogP contribution in [0, 0.1) is 6.92 Å². The third-order valence-corrected chi connectivity index (χ3v) is 2.89. The molecular formula is C15H18N2. The van der Waals surface area contributed by atoms with Crippen molar-refractivity contribution in [2.45, 2.75) is 19.9 Å². The molecule has 0 aliphatic rings. The van der Waals surface area contributed by atoms with E-state index in [0.29, 0.717) is 6.04 Å². The summed E-state index contributed by atoms with van der Waals surface area (Å²) < 4.78 is 0. The Kier molecular flexibility index (Phi) is 3.55. The topological polar surface area (TPSA) is 24.9 Å². The van der Waals surface area contributed by atoms with Crippen molar-refractivity contribution in [1.82, 2.24) is 10.3 Å². The molecular weight excluding hydrogens is 208 g/mol. The standard InChI is InChI=1S/C15H18N2/c1-11(16-3)4-6-13-7-9-15-14(10-13)8-5-12(2)17-15/h4-11,16H,1-3H3/b6-4+. The Morgan fingerprint density at radius 3 is 2.82 bits per heavy atom. The highest BCUT2D eigenvalue weighted by molar-refractivity contribution is 5.81. The van der Waals surface area contributed by atoms with Gasteiger partial charge in [-0.1, -0.05) is 24.3 Å². The molecule has 0 aliphatic carbocycles. The Balaban J connectivity index is 2.32. The Bertz CT molecular complexity index is 544. The molecule has 0 saturated carbocycles. The first kappa shape index (κ1) is 11.8. The Morgan fingerprint density at radius 2 is 2.06 bits per heavy atom. The van der Waals surface area contributed by atoms with Gasteiger partial charge in [0.1, 0.15) is 0 Å². The van der Waals surface area contributed by atoms with Crippen molar-refractivity contribution in [3.8, 4) is 0 Å². The predicted octanol–water partition coefficient (Wildman–Crippen LogP) is 3.16. The van der Waals surface area contributed by atoms with Gasteiger partial charge < -0.3 is 5.32 Å². The second kappa shape index (κ2) is 5.11. The van der Waals surface area contributed by atoms with Crippen LogP contribution in [0.25, 0.3) is 17.0 Å². The first-order valence-electron chi connectivity index (χ1n) is 5.92. The maximum absolute atomic E-state index is 4.49. The molecule has 1 N–H and O–H groups in total. The fourth-order valence-electron chi connectivity index (χ4n) is 1.70. The molecule has 1 aromatic carbocycles. The molecule has 0 radical (unpaired) electrons. The normalized spacial score (nSPS) is 13.4. The minimum Gasteiger partial charge on any atom is -0.314 e. The van der Waals surface area contributed by atoms with Crippen molar-refractivity contribution < 1.29 is 0 Å². The van der Waals surface area contributed by atoms with E-state index in [1.807, 2.05) is 20.0 Å². The molecule has 2 rings (SSSR count). The number of aryl methyl sites for hydroxylation is 1. The Morgan fingerprint density at radius 1 is 1.24 bits per heavy atom. The van der Waals surface area contributed by atoms with Crippen LogP contribution in [0.1, 0.15) is 18.2 Å². The number of hydrogen-bond acceptors (Lipinski definition) is 2. The lowest BCUT2D eigenvalue weighted by Crippen LogP contribution is -2.17. The summed E-state index contributed by atoms with van der Waals surface area (Å²) in [6.45, 7) is 4.14. The lowest BCUT2D eigenvalue weighted by molar-refractivity contribution is 0.731. The highest BCUT2D eigenvalue weighted by atomic mass is 14.8. The van der Waals surface area contributed by atoms with Crippen LogP contribution >= 0.6 is 0 Å². The van der Waals surface area contributed by atoms with Gasteiger partial charge in [0.2, 0.25) is 0 Å². The highest BCUT2D eigenvalue weighted by Crippen LogP contribution is 2.15. The minimum absolute atomic E-state index is 0.391. The van der Waals surface area contributed by atoms with Crippen LogP contribution in [0.3, 0.4) is 0 Å². The summed E-state index contributed by atoms with van der Waals surface area (Å²) in [5.74, 6) is 0. The third-order valence-electron chi connectivity index (χ3n) is 2.89. The van der Waals surface area contributed by atoms with Gasteiger partial charge in [0.15, 0.2) is 0 Å². The van der Waals surface area contributed by atoms with Gasteiger partial charge >= 0.3 is 0 Å². The number of pyridine rings is 1. The van der Waals surface area contributed by atoms with Crippen molar-refractivity contribution in [3.63, 3.8) is 0 Å². The molecule has 0 saturated heterocycles. The van der Waals surface area contributed by atoms with Crippen molar-refractivity contribution >= 4 is 17.0 Å². The number of rotatable bonds is 3. The van der Waals surface area contributed by atoms with Gasteiger partial charge in [-0.15, -0.1) is 0 Å². The summed E-state index contributed by atoms with van der Waals surface area (Å²) in [5, 5.41) is 4.37. The number of benzene rings is 1. The first-order valence-corrected chi connectivity index (χ1v) is 5.92. The molecule has 0 fully saturated rings. The molecule has 1 atom stereocenters. The Labute approximate surface area is 102 Å². The quantitative estimate of drug-likeness (QED) is 0.869. The van der Waals surface area contributed by atoms with E-state index in [0.717, 1.165) is 11.2 Å². The zero-order valence-electron chi connectivity index (χ0n) is 10.6. The second-order valence-electron chi connectivity index (χ2n) is 4.34. The molecule has 2 aromatic rings. The van der Waals surface area contributed by atoms with Gasteiger partial charge in [-0.25, -0.2) is 0 Å². The molecule has 1 heterocycles. The summed E-state index contributed by atoms with van der Waals surface area (Å²) in [6.07, 6.45) is 4.29. The number of hydrogen-bond donors (Lipinski definition) is 1. The Hall–Kier alpha value is -1.67. The fraction of sp³-hybridized carbons (Fsp3) is 0.267. The van der Waals surface area contributed by atoms with Crippen LogP contribution in [0.4, 0.5) is 0 Å². The average Bonchev–Trinajstić information content (AvgIpc) is 2.35. The maximum atomic E-state index is 4.49. The molecule has 2 heteroatoms. The summed E-state index contributed by atoms with van der Waals surface area (Å²) in [4.78, 5) is 4.49. The summed E-state index contributed by atoms with van der Waals surface area (Å²) in [6, 6.07) is 10.9. The van der Waals surface area contributed by atoms with Crippen LogP contribution in [0.5, 0.6) is 0 Å². The third kappa shape index (κ3) is 2.92. The van der Waals surface area contributed by atoms with E-state index in [-0.39, 0.29) is 0 Å². The van der Waals surface area contributed by atoms with Crippen LogP contribution in [-0.2, 0) is 0 Å². The second-order valence-corrected chi connectivity index (χ2v) is 4.34. The smallest absolute Gasteiger partial charge is 0.0705 e. The van der Waals surface area contributed by atoms with E-state index >= 15 is 0 Å². The van der Waals surface area contributed by atoms with Gasteiger partial charge in [-0.2, -0.15) is 0 Å². The monoisotopic (exact) mass is 226 g/mol. The maximum Gasteiger partial charge on any atom is 0.0705 e. The summed E-state index contributed by atoms with van der Waals surface area (Å²) in [7, 11) is 1.96. The van der Waals surface area contributed by atoms with E-state index < -0.39 is 0 Å². The van der Waals surface area contributed by atoms with Crippen LogP contribution < -0.4 is 5.32 Å². The molecule has 2 nitrogen and oxygen atoms in total. The molecule has 17 heavy (non-hydrogen) atoms. The number of aromatic nitrogens is 1. The number of nitrogens with one attached hydrogen (secondary N) is 1. The molecule has 1 aromatic heterocycles. The number of nitrogens with zero attached hydrogens (tertiary/aromatic N) is 1. The number of likely N-dealkylation sites (N-methyl/N-ethyl adjacent to an activating group) is 1. The van der Waals surface area contributed by atoms with E-state index in [9.17, 15) is 0 Å². The highest BCUT2D eigenvalue weighted by Gasteiger charge is 1.96. The SMILES string of the molecule is CNC(C)/C=C/c1ccc2nc(C)ccc2c1. The van der Waals surface area contributed by atoms with Crippen LogP contribution in [0.15, 0.2) is 36.4 Å². The summed E-state index contributed by atoms with van der Waals surface area (Å²) in [5.41, 5.74) is 3.33. The van der Waals surface area contributed by atoms with Gasteiger partial charge in [-0.05, 0) is 44.7 Å². The zero-order chi connectivity index (χ0) is 12.3. The van der Waals surface area contributed by atoms with E-state index in [1.165, 1.54) is 10.9 Å². The molecule has 88 valence electrons. The largest absolute Gasteiger partial charge is 0.314 e. The van der Waals surface area contributed by atoms with Gasteiger partial charge in [0.25, 0.3) is 0 Å². The predicted molar refractivity (Wildman–Crippen MR) is 74.0 cm³/mol. The van der Waals surface area contributed by atoms with Gasteiger partial charge in [-0.3, -0.25) is 4.98 Å². The van der Waals surface area contributed by atoms with Gasteiger partial charge in [0, 0.05) is 17.1 Å². The van der Waals surface area contributed by atoms with E-state index in [4.69, 9.17) is 0 Å². The average molecular weight is 226 g/mol. The number of fused-ring (bicyclic) bond motifs is 1. The van der Waals surface area contributed by atoms with Crippen molar-refractivity contribution in [2.24, 2.45) is 0 Å².